The summed E-state index contributed by atoms with van der Waals surface area (Å²) in [7, 11) is -2.21. The third-order valence-electron chi connectivity index (χ3n) is 4.95. The molecule has 0 radical (unpaired) electrons. The zero-order valence-electron chi connectivity index (χ0n) is 17.7. The number of aromatic nitrogens is 1. The quantitative estimate of drug-likeness (QED) is 0.315. The van der Waals surface area contributed by atoms with Gasteiger partial charge in [0.25, 0.3) is 10.0 Å². The summed E-state index contributed by atoms with van der Waals surface area (Å²) in [4.78, 5) is 3.32. The van der Waals surface area contributed by atoms with E-state index in [0.29, 0.717) is 31.1 Å². The van der Waals surface area contributed by atoms with Crippen molar-refractivity contribution in [3.63, 3.8) is 0 Å². The fourth-order valence-corrected chi connectivity index (χ4v) is 4.46. The average Bonchev–Trinajstić information content (AvgIpc) is 3.29. The normalized spacial score (nSPS) is 11.4. The Morgan fingerprint density at radius 3 is 2.69 bits per heavy atom. The van der Waals surface area contributed by atoms with E-state index >= 15 is 0 Å². The minimum absolute atomic E-state index is 0.148. The number of ether oxygens (including phenoxy) is 2. The molecule has 0 unspecified atom stereocenters. The van der Waals surface area contributed by atoms with Gasteiger partial charge in [0.1, 0.15) is 18.1 Å². The summed E-state index contributed by atoms with van der Waals surface area (Å²) in [5.41, 5.74) is 2.51. The molecular formula is C24H25N3O4S. The van der Waals surface area contributed by atoms with Crippen LogP contribution in [0, 0.1) is 0 Å². The highest BCUT2D eigenvalue weighted by Gasteiger charge is 2.15. The number of hydrogen-bond donors (Lipinski definition) is 3. The number of nitrogens with one attached hydrogen (secondary N) is 3. The van der Waals surface area contributed by atoms with Gasteiger partial charge in [-0.3, -0.25) is 4.72 Å². The van der Waals surface area contributed by atoms with Crippen LogP contribution in [0.2, 0.25) is 0 Å². The number of sulfonamides is 1. The van der Waals surface area contributed by atoms with E-state index in [4.69, 9.17) is 9.47 Å². The van der Waals surface area contributed by atoms with E-state index in [2.05, 4.69) is 15.0 Å². The van der Waals surface area contributed by atoms with Gasteiger partial charge in [0, 0.05) is 41.9 Å². The van der Waals surface area contributed by atoms with Gasteiger partial charge in [-0.25, -0.2) is 8.42 Å². The Labute approximate surface area is 187 Å². The van der Waals surface area contributed by atoms with Crippen LogP contribution in [0.15, 0.2) is 83.9 Å². The van der Waals surface area contributed by atoms with Crippen molar-refractivity contribution in [1.29, 1.82) is 0 Å². The first-order valence-electron chi connectivity index (χ1n) is 10.2. The second kappa shape index (κ2) is 9.76. The molecule has 4 rings (SSSR count). The lowest BCUT2D eigenvalue weighted by atomic mass is 10.2. The zero-order valence-corrected chi connectivity index (χ0v) is 18.5. The van der Waals surface area contributed by atoms with Gasteiger partial charge < -0.3 is 19.8 Å². The molecule has 0 atom stereocenters. The van der Waals surface area contributed by atoms with Crippen molar-refractivity contribution in [2.45, 2.75) is 11.4 Å². The summed E-state index contributed by atoms with van der Waals surface area (Å²) in [6.45, 7) is 1.76. The maximum absolute atomic E-state index is 12.7. The molecular weight excluding hydrogens is 426 g/mol. The number of methoxy groups -OCH3 is 1. The Hall–Kier alpha value is -3.49. The second-order valence-electron chi connectivity index (χ2n) is 7.21. The van der Waals surface area contributed by atoms with Crippen molar-refractivity contribution in [1.82, 2.24) is 10.3 Å². The molecule has 0 amide bonds. The first-order valence-corrected chi connectivity index (χ1v) is 11.7. The van der Waals surface area contributed by atoms with Crippen LogP contribution in [-0.4, -0.2) is 33.7 Å². The molecule has 3 N–H and O–H groups in total. The maximum Gasteiger partial charge on any atom is 0.262 e. The predicted octanol–water partition coefficient (Wildman–Crippen LogP) is 4.15. The number of aromatic amines is 1. The standard InChI is InChI=1S/C24H25N3O4S/c1-30-20-7-3-8-21(16-20)32(28,29)27-19-6-2-5-18(15-19)17-25-13-14-31-24-10-4-9-23-22(24)11-12-26-23/h2-12,15-16,25-27H,13-14,17H2,1H3. The number of benzene rings is 3. The molecule has 0 spiro atoms. The van der Waals surface area contributed by atoms with Crippen molar-refractivity contribution in [2.24, 2.45) is 0 Å². The highest BCUT2D eigenvalue weighted by Crippen LogP contribution is 2.24. The molecule has 1 heterocycles. The molecule has 3 aromatic carbocycles. The number of fused-ring (bicyclic) bond motifs is 1. The Balaban J connectivity index is 1.30. The van der Waals surface area contributed by atoms with E-state index in [0.717, 1.165) is 22.2 Å². The van der Waals surface area contributed by atoms with Crippen molar-refractivity contribution >= 4 is 26.6 Å². The molecule has 0 aliphatic rings. The van der Waals surface area contributed by atoms with Crippen LogP contribution in [0.3, 0.4) is 0 Å². The van der Waals surface area contributed by atoms with Crippen molar-refractivity contribution < 1.29 is 17.9 Å². The molecule has 7 nitrogen and oxygen atoms in total. The summed E-state index contributed by atoms with van der Waals surface area (Å²) in [6, 6.07) is 21.6. The fraction of sp³-hybridized carbons (Fsp3) is 0.167. The number of rotatable bonds is 10. The monoisotopic (exact) mass is 451 g/mol. The molecule has 0 saturated carbocycles. The first kappa shape index (κ1) is 21.7. The maximum atomic E-state index is 12.7. The molecule has 32 heavy (non-hydrogen) atoms. The number of hydrogen-bond acceptors (Lipinski definition) is 5. The van der Waals surface area contributed by atoms with Gasteiger partial charge in [0.05, 0.1) is 12.0 Å². The number of H-pyrrole nitrogens is 1. The first-order chi connectivity index (χ1) is 15.5. The van der Waals surface area contributed by atoms with Gasteiger partial charge in [0.15, 0.2) is 0 Å². The van der Waals surface area contributed by atoms with Crippen molar-refractivity contribution in [3.05, 3.63) is 84.6 Å². The minimum atomic E-state index is -3.71. The van der Waals surface area contributed by atoms with Crippen molar-refractivity contribution in [2.75, 3.05) is 25.0 Å². The summed E-state index contributed by atoms with van der Waals surface area (Å²) < 4.78 is 39.0. The van der Waals surface area contributed by atoms with E-state index in [1.807, 2.05) is 48.7 Å². The Morgan fingerprint density at radius 1 is 0.969 bits per heavy atom. The lowest BCUT2D eigenvalue weighted by Gasteiger charge is -2.11. The summed E-state index contributed by atoms with van der Waals surface area (Å²) >= 11 is 0. The predicted molar refractivity (Wildman–Crippen MR) is 126 cm³/mol. The lowest BCUT2D eigenvalue weighted by molar-refractivity contribution is 0.317. The van der Waals surface area contributed by atoms with Crippen LogP contribution in [0.5, 0.6) is 11.5 Å². The molecule has 0 fully saturated rings. The summed E-state index contributed by atoms with van der Waals surface area (Å²) in [6.07, 6.45) is 1.89. The number of anilines is 1. The second-order valence-corrected chi connectivity index (χ2v) is 8.89. The summed E-state index contributed by atoms with van der Waals surface area (Å²) in [5.74, 6) is 1.33. The third kappa shape index (κ3) is 5.22. The largest absolute Gasteiger partial charge is 0.497 e. The molecule has 0 aliphatic heterocycles. The van der Waals surface area contributed by atoms with E-state index in [-0.39, 0.29) is 4.90 Å². The van der Waals surface area contributed by atoms with E-state index in [1.165, 1.54) is 19.2 Å². The molecule has 0 bridgehead atoms. The highest BCUT2D eigenvalue weighted by molar-refractivity contribution is 7.92. The smallest absolute Gasteiger partial charge is 0.262 e. The molecule has 0 aliphatic carbocycles. The SMILES string of the molecule is COc1cccc(S(=O)(=O)Nc2cccc(CNCCOc3cccc4[nH]ccc34)c2)c1. The topological polar surface area (TPSA) is 92.5 Å². The van der Waals surface area contributed by atoms with Crippen LogP contribution in [-0.2, 0) is 16.6 Å². The van der Waals surface area contributed by atoms with Crippen LogP contribution in [0.25, 0.3) is 10.9 Å². The molecule has 8 heteroatoms. The Bertz CT molecular complexity index is 1300. The summed E-state index contributed by atoms with van der Waals surface area (Å²) in [5, 5.41) is 4.38. The van der Waals surface area contributed by atoms with Crippen molar-refractivity contribution in [3.8, 4) is 11.5 Å². The Morgan fingerprint density at radius 2 is 1.81 bits per heavy atom. The van der Waals surface area contributed by atoms with Gasteiger partial charge in [-0.15, -0.1) is 0 Å². The molecule has 166 valence electrons. The van der Waals surface area contributed by atoms with Crippen LogP contribution in [0.4, 0.5) is 5.69 Å². The van der Waals surface area contributed by atoms with Crippen LogP contribution in [0.1, 0.15) is 5.56 Å². The Kier molecular flexibility index (Phi) is 6.63. The third-order valence-corrected chi connectivity index (χ3v) is 6.33. The van der Waals surface area contributed by atoms with E-state index in [1.54, 1.807) is 18.2 Å². The highest BCUT2D eigenvalue weighted by atomic mass is 32.2. The molecule has 0 saturated heterocycles. The van der Waals surface area contributed by atoms with Gasteiger partial charge in [-0.05, 0) is 48.0 Å². The van der Waals surface area contributed by atoms with Gasteiger partial charge in [-0.2, -0.15) is 0 Å². The molecule has 4 aromatic rings. The fourth-order valence-electron chi connectivity index (χ4n) is 3.38. The van der Waals surface area contributed by atoms with Gasteiger partial charge >= 0.3 is 0 Å². The van der Waals surface area contributed by atoms with E-state index < -0.39 is 10.0 Å². The van der Waals surface area contributed by atoms with Crippen LogP contribution < -0.4 is 19.5 Å². The van der Waals surface area contributed by atoms with E-state index in [9.17, 15) is 8.42 Å². The minimum Gasteiger partial charge on any atom is -0.497 e. The zero-order chi connectivity index (χ0) is 22.4. The van der Waals surface area contributed by atoms with Gasteiger partial charge in [0.2, 0.25) is 0 Å². The van der Waals surface area contributed by atoms with Gasteiger partial charge in [-0.1, -0.05) is 24.3 Å². The molecule has 1 aromatic heterocycles. The average molecular weight is 452 g/mol. The lowest BCUT2D eigenvalue weighted by Crippen LogP contribution is -2.20. The van der Waals surface area contributed by atoms with Crippen LogP contribution >= 0.6 is 0 Å².